The average molecular weight is 285 g/mol. The summed E-state index contributed by atoms with van der Waals surface area (Å²) in [6.07, 6.45) is 1.64. The van der Waals surface area contributed by atoms with E-state index in [4.69, 9.17) is 10.5 Å². The third kappa shape index (κ3) is 2.70. The Morgan fingerprint density at radius 1 is 1.40 bits per heavy atom. The van der Waals surface area contributed by atoms with Crippen LogP contribution in [0.4, 0.5) is 5.82 Å². The smallest absolute Gasteiger partial charge is 0.166 e. The number of rotatable bonds is 3. The van der Waals surface area contributed by atoms with Crippen molar-refractivity contribution < 1.29 is 4.74 Å². The lowest BCUT2D eigenvalue weighted by atomic mass is 10.4. The zero-order chi connectivity index (χ0) is 10.7. The number of aromatic nitrogens is 1. The second-order valence-electron chi connectivity index (χ2n) is 2.88. The Kier molecular flexibility index (Phi) is 3.23. The predicted octanol–water partition coefficient (Wildman–Crippen LogP) is 3.07. The van der Waals surface area contributed by atoms with E-state index in [2.05, 4.69) is 20.9 Å². The topological polar surface area (TPSA) is 48.1 Å². The van der Waals surface area contributed by atoms with Gasteiger partial charge in [-0.05, 0) is 40.2 Å². The molecule has 2 aromatic heterocycles. The van der Waals surface area contributed by atoms with Crippen molar-refractivity contribution in [1.82, 2.24) is 4.98 Å². The van der Waals surface area contributed by atoms with Crippen molar-refractivity contribution in [3.8, 4) is 5.75 Å². The summed E-state index contributed by atoms with van der Waals surface area (Å²) in [5.74, 6) is 1.05. The highest BCUT2D eigenvalue weighted by Crippen LogP contribution is 2.24. The quantitative estimate of drug-likeness (QED) is 0.942. The summed E-state index contributed by atoms with van der Waals surface area (Å²) in [4.78, 5) is 5.09. The van der Waals surface area contributed by atoms with Gasteiger partial charge in [-0.1, -0.05) is 0 Å². The average Bonchev–Trinajstić information content (AvgIpc) is 2.63. The number of nitrogen functional groups attached to an aromatic ring is 1. The maximum absolute atomic E-state index is 5.65. The van der Waals surface area contributed by atoms with E-state index >= 15 is 0 Å². The van der Waals surface area contributed by atoms with Crippen molar-refractivity contribution in [1.29, 1.82) is 0 Å². The van der Waals surface area contributed by atoms with Crippen molar-refractivity contribution >= 4 is 33.1 Å². The molecular formula is C10H9BrN2OS. The highest BCUT2D eigenvalue weighted by molar-refractivity contribution is 9.11. The summed E-state index contributed by atoms with van der Waals surface area (Å²) >= 11 is 5.04. The number of ether oxygens (including phenoxy) is 1. The third-order valence-electron chi connectivity index (χ3n) is 1.80. The molecule has 0 radical (unpaired) electrons. The first-order valence-corrected chi connectivity index (χ1v) is 5.94. The van der Waals surface area contributed by atoms with Crippen LogP contribution >= 0.6 is 27.3 Å². The molecule has 0 aliphatic carbocycles. The fourth-order valence-electron chi connectivity index (χ4n) is 1.10. The molecule has 2 N–H and O–H groups in total. The number of thiophene rings is 1. The van der Waals surface area contributed by atoms with E-state index < -0.39 is 0 Å². The van der Waals surface area contributed by atoms with Gasteiger partial charge in [0, 0.05) is 11.1 Å². The monoisotopic (exact) mass is 284 g/mol. The van der Waals surface area contributed by atoms with E-state index in [1.54, 1.807) is 23.6 Å². The van der Waals surface area contributed by atoms with Crippen LogP contribution < -0.4 is 10.5 Å². The summed E-state index contributed by atoms with van der Waals surface area (Å²) in [6, 6.07) is 7.62. The Morgan fingerprint density at radius 2 is 2.27 bits per heavy atom. The molecule has 0 unspecified atom stereocenters. The third-order valence-corrected chi connectivity index (χ3v) is 3.40. The minimum absolute atomic E-state index is 0.424. The molecule has 0 fully saturated rings. The van der Waals surface area contributed by atoms with Crippen LogP contribution in [0.1, 0.15) is 4.88 Å². The summed E-state index contributed by atoms with van der Waals surface area (Å²) < 4.78 is 6.64. The van der Waals surface area contributed by atoms with Gasteiger partial charge < -0.3 is 10.5 Å². The van der Waals surface area contributed by atoms with Gasteiger partial charge in [-0.3, -0.25) is 0 Å². The lowest BCUT2D eigenvalue weighted by Gasteiger charge is -2.05. The van der Waals surface area contributed by atoms with Crippen molar-refractivity contribution in [2.45, 2.75) is 6.61 Å². The Labute approximate surface area is 100 Å². The van der Waals surface area contributed by atoms with Crippen LogP contribution in [0.5, 0.6) is 5.75 Å². The van der Waals surface area contributed by atoms with Crippen LogP contribution in [-0.4, -0.2) is 4.98 Å². The molecule has 0 aromatic carbocycles. The number of anilines is 1. The minimum Gasteiger partial charge on any atom is -0.484 e. The van der Waals surface area contributed by atoms with Crippen molar-refractivity contribution in [2.24, 2.45) is 0 Å². The van der Waals surface area contributed by atoms with E-state index in [-0.39, 0.29) is 0 Å². The molecule has 5 heteroatoms. The fraction of sp³-hybridized carbons (Fsp3) is 0.100. The number of nitrogens with zero attached hydrogens (tertiary/aromatic N) is 1. The first kappa shape index (κ1) is 10.4. The zero-order valence-corrected chi connectivity index (χ0v) is 10.2. The van der Waals surface area contributed by atoms with E-state index in [1.807, 2.05) is 18.2 Å². The molecule has 0 spiro atoms. The van der Waals surface area contributed by atoms with Crippen molar-refractivity contribution in [3.63, 3.8) is 0 Å². The number of hydrogen-bond donors (Lipinski definition) is 1. The molecule has 0 bridgehead atoms. The van der Waals surface area contributed by atoms with Crippen LogP contribution in [0.15, 0.2) is 34.2 Å². The number of nitrogens with two attached hydrogens (primary N) is 1. The largest absolute Gasteiger partial charge is 0.484 e. The molecule has 0 saturated heterocycles. The van der Waals surface area contributed by atoms with Crippen LogP contribution in [0, 0.1) is 0 Å². The molecule has 0 aliphatic rings. The molecule has 2 aromatic rings. The zero-order valence-electron chi connectivity index (χ0n) is 7.81. The van der Waals surface area contributed by atoms with Gasteiger partial charge >= 0.3 is 0 Å². The first-order valence-electron chi connectivity index (χ1n) is 4.33. The first-order chi connectivity index (χ1) is 7.25. The number of halogens is 1. The van der Waals surface area contributed by atoms with Crippen LogP contribution in [-0.2, 0) is 6.61 Å². The number of pyridine rings is 1. The second-order valence-corrected chi connectivity index (χ2v) is 5.43. The molecule has 78 valence electrons. The summed E-state index contributed by atoms with van der Waals surface area (Å²) in [5, 5.41) is 0. The molecular weight excluding hydrogens is 276 g/mol. The van der Waals surface area contributed by atoms with Crippen LogP contribution in [0.3, 0.4) is 0 Å². The Hall–Kier alpha value is -1.07. The van der Waals surface area contributed by atoms with Gasteiger partial charge in [0.25, 0.3) is 0 Å². The SMILES string of the molecule is Nc1ncccc1OCc1ccc(Br)s1. The Balaban J connectivity index is 2.02. The van der Waals surface area contributed by atoms with Crippen molar-refractivity contribution in [3.05, 3.63) is 39.1 Å². The molecule has 0 amide bonds. The normalized spacial score (nSPS) is 10.2. The van der Waals surface area contributed by atoms with Gasteiger partial charge in [0.15, 0.2) is 11.6 Å². The van der Waals surface area contributed by atoms with Crippen LogP contribution in [0.25, 0.3) is 0 Å². The van der Waals surface area contributed by atoms with Gasteiger partial charge in [-0.15, -0.1) is 11.3 Å². The van der Waals surface area contributed by atoms with E-state index in [9.17, 15) is 0 Å². The molecule has 0 aliphatic heterocycles. The highest BCUT2D eigenvalue weighted by Gasteiger charge is 2.02. The van der Waals surface area contributed by atoms with Crippen LogP contribution in [0.2, 0.25) is 0 Å². The van der Waals surface area contributed by atoms with Crippen molar-refractivity contribution in [2.75, 3.05) is 5.73 Å². The standard InChI is InChI=1S/C10H9BrN2OS/c11-9-4-3-7(15-9)6-14-8-2-1-5-13-10(8)12/h1-5H,6H2,(H2,12,13). The lowest BCUT2D eigenvalue weighted by Crippen LogP contribution is -1.98. The second kappa shape index (κ2) is 4.63. The summed E-state index contributed by atoms with van der Waals surface area (Å²) in [5.41, 5.74) is 5.65. The maximum atomic E-state index is 5.65. The molecule has 15 heavy (non-hydrogen) atoms. The van der Waals surface area contributed by atoms with Gasteiger partial charge in [0.2, 0.25) is 0 Å². The molecule has 3 nitrogen and oxygen atoms in total. The van der Waals surface area contributed by atoms with E-state index in [0.29, 0.717) is 18.2 Å². The predicted molar refractivity (Wildman–Crippen MR) is 65.0 cm³/mol. The summed E-state index contributed by atoms with van der Waals surface area (Å²) in [6.45, 7) is 0.520. The van der Waals surface area contributed by atoms with Gasteiger partial charge in [-0.25, -0.2) is 4.98 Å². The van der Waals surface area contributed by atoms with E-state index in [0.717, 1.165) is 8.66 Å². The number of hydrogen-bond acceptors (Lipinski definition) is 4. The minimum atomic E-state index is 0.424. The van der Waals surface area contributed by atoms with E-state index in [1.165, 1.54) is 0 Å². The highest BCUT2D eigenvalue weighted by atomic mass is 79.9. The van der Waals surface area contributed by atoms with Gasteiger partial charge in [0.05, 0.1) is 3.79 Å². The molecule has 2 heterocycles. The summed E-state index contributed by atoms with van der Waals surface area (Å²) in [7, 11) is 0. The van der Waals surface area contributed by atoms with Gasteiger partial charge in [0.1, 0.15) is 6.61 Å². The molecule has 0 saturated carbocycles. The fourth-order valence-corrected chi connectivity index (χ4v) is 2.50. The maximum Gasteiger partial charge on any atom is 0.166 e. The Morgan fingerprint density at radius 3 is 2.93 bits per heavy atom. The molecule has 0 atom stereocenters. The Bertz CT molecular complexity index is 458. The van der Waals surface area contributed by atoms with Gasteiger partial charge in [-0.2, -0.15) is 0 Å². The molecule has 2 rings (SSSR count). The lowest BCUT2D eigenvalue weighted by molar-refractivity contribution is 0.310.